The maximum Gasteiger partial charge on any atom is 0.197 e. The largest absolute Gasteiger partial charge is 0.197 e. The zero-order valence-electron chi connectivity index (χ0n) is 6.68. The van der Waals surface area contributed by atoms with Crippen molar-refractivity contribution in [3.63, 3.8) is 0 Å². The molecule has 14 heavy (non-hydrogen) atoms. The Morgan fingerprint density at radius 1 is 1.07 bits per heavy atom. The first kappa shape index (κ1) is 13.1. The van der Waals surface area contributed by atoms with Crippen molar-refractivity contribution in [2.75, 3.05) is 0 Å². The van der Waals surface area contributed by atoms with Crippen LogP contribution in [0, 0.1) is 0 Å². The van der Waals surface area contributed by atoms with E-state index in [2.05, 4.69) is 0 Å². The minimum atomic E-state index is -1.25. The van der Waals surface area contributed by atoms with Gasteiger partial charge in [-0.25, -0.2) is 0 Å². The number of halogens is 5. The molecule has 1 aromatic rings. The first-order chi connectivity index (χ1) is 6.42. The van der Waals surface area contributed by atoms with Gasteiger partial charge in [0, 0.05) is 9.92 Å². The summed E-state index contributed by atoms with van der Waals surface area (Å²) in [6.45, 7) is 0. The Morgan fingerprint density at radius 3 is 2.00 bits per heavy atom. The lowest BCUT2D eigenvalue weighted by Gasteiger charge is -2.19. The van der Waals surface area contributed by atoms with Crippen LogP contribution in [0.4, 0.5) is 0 Å². The van der Waals surface area contributed by atoms with Crippen molar-refractivity contribution in [1.29, 1.82) is 0 Å². The second-order valence-electron chi connectivity index (χ2n) is 2.42. The van der Waals surface area contributed by atoms with Crippen LogP contribution in [0.3, 0.4) is 0 Å². The number of rotatable bonds is 3. The van der Waals surface area contributed by atoms with Crippen LogP contribution >= 0.6 is 69.8 Å². The van der Waals surface area contributed by atoms with E-state index in [1.54, 1.807) is 24.3 Å². The summed E-state index contributed by atoms with van der Waals surface area (Å²) in [4.78, 5) is -0.0165. The summed E-state index contributed by atoms with van der Waals surface area (Å²) in [5.41, 5.74) is 0. The van der Waals surface area contributed by atoms with Crippen LogP contribution in [-0.2, 0) is 0 Å². The Morgan fingerprint density at radius 2 is 1.57 bits per heavy atom. The zero-order valence-corrected chi connectivity index (χ0v) is 11.3. The van der Waals surface area contributed by atoms with Gasteiger partial charge in [-0.15, -0.1) is 23.2 Å². The third kappa shape index (κ3) is 3.88. The Labute approximate surface area is 112 Å². The predicted molar refractivity (Wildman–Crippen MR) is 67.2 cm³/mol. The molecule has 0 bridgehead atoms. The predicted octanol–water partition coefficient (Wildman–Crippen LogP) is 5.37. The van der Waals surface area contributed by atoms with Gasteiger partial charge in [0.15, 0.2) is 3.67 Å². The highest BCUT2D eigenvalue weighted by molar-refractivity contribution is 8.03. The van der Waals surface area contributed by atoms with Crippen molar-refractivity contribution in [2.45, 2.75) is 13.4 Å². The van der Waals surface area contributed by atoms with Crippen molar-refractivity contribution in [1.82, 2.24) is 0 Å². The lowest BCUT2D eigenvalue weighted by Crippen LogP contribution is -2.16. The van der Waals surface area contributed by atoms with Gasteiger partial charge in [-0.3, -0.25) is 0 Å². The van der Waals surface area contributed by atoms with Crippen molar-refractivity contribution in [2.24, 2.45) is 0 Å². The Hall–Kier alpha value is 1.02. The maximum absolute atomic E-state index is 5.88. The molecule has 0 radical (unpaired) electrons. The first-order valence-electron chi connectivity index (χ1n) is 3.52. The van der Waals surface area contributed by atoms with Gasteiger partial charge in [-0.2, -0.15) is 0 Å². The molecular formula is C8H5Cl5S. The van der Waals surface area contributed by atoms with E-state index in [0.29, 0.717) is 5.02 Å². The molecule has 0 amide bonds. The second-order valence-corrected chi connectivity index (χ2v) is 7.10. The summed E-state index contributed by atoms with van der Waals surface area (Å²) >= 11 is 29.9. The van der Waals surface area contributed by atoms with Crippen molar-refractivity contribution in [3.8, 4) is 0 Å². The lowest BCUT2D eigenvalue weighted by atomic mass is 10.4. The first-order valence-corrected chi connectivity index (χ1v) is 6.34. The van der Waals surface area contributed by atoms with Crippen LogP contribution in [0.25, 0.3) is 0 Å². The number of hydrogen-bond donors (Lipinski definition) is 0. The quantitative estimate of drug-likeness (QED) is 0.534. The minimum Gasteiger partial charge on any atom is -0.101 e. The summed E-state index contributed by atoms with van der Waals surface area (Å²) in [6, 6.07) is 7.07. The molecule has 0 atom stereocenters. The number of hydrogen-bond acceptors (Lipinski definition) is 1. The van der Waals surface area contributed by atoms with Crippen LogP contribution in [-0.4, -0.2) is 8.50 Å². The number of thioether (sulfide) groups is 1. The molecule has 0 aliphatic heterocycles. The fourth-order valence-electron chi connectivity index (χ4n) is 0.704. The van der Waals surface area contributed by atoms with E-state index < -0.39 is 8.50 Å². The Kier molecular flexibility index (Phi) is 5.03. The summed E-state index contributed by atoms with van der Waals surface area (Å²) < 4.78 is -1.25. The molecule has 0 saturated carbocycles. The average Bonchev–Trinajstić information content (AvgIpc) is 2.08. The third-order valence-electron chi connectivity index (χ3n) is 1.32. The van der Waals surface area contributed by atoms with E-state index in [4.69, 9.17) is 58.0 Å². The van der Waals surface area contributed by atoms with Gasteiger partial charge in [0.1, 0.15) is 4.84 Å². The molecule has 0 spiro atoms. The fourth-order valence-corrected chi connectivity index (χ4v) is 2.31. The van der Waals surface area contributed by atoms with Gasteiger partial charge in [-0.1, -0.05) is 46.6 Å². The van der Waals surface area contributed by atoms with Gasteiger partial charge in [0.25, 0.3) is 0 Å². The van der Waals surface area contributed by atoms with E-state index in [9.17, 15) is 0 Å². The minimum absolute atomic E-state index is 0.650. The van der Waals surface area contributed by atoms with E-state index in [1.165, 1.54) is 11.8 Å². The molecule has 1 rings (SSSR count). The summed E-state index contributed by atoms with van der Waals surface area (Å²) in [5, 5.41) is 0.650. The standard InChI is InChI=1S/C8H5Cl5S/c9-5-1-3-6(4-2-5)14-8(12,13)7(10)11/h1-4,7H. The monoisotopic (exact) mass is 308 g/mol. The zero-order chi connectivity index (χ0) is 10.8. The van der Waals surface area contributed by atoms with Crippen molar-refractivity contribution in [3.05, 3.63) is 29.3 Å². The van der Waals surface area contributed by atoms with Gasteiger partial charge >= 0.3 is 0 Å². The lowest BCUT2D eigenvalue weighted by molar-refractivity contribution is 1.20. The molecule has 0 heterocycles. The highest BCUT2D eigenvalue weighted by Gasteiger charge is 2.33. The maximum atomic E-state index is 5.88. The molecule has 0 aliphatic carbocycles. The molecule has 0 aromatic heterocycles. The van der Waals surface area contributed by atoms with E-state index in [0.717, 1.165) is 4.90 Å². The van der Waals surface area contributed by atoms with Crippen LogP contribution in [0.5, 0.6) is 0 Å². The highest BCUT2D eigenvalue weighted by atomic mass is 35.5. The highest BCUT2D eigenvalue weighted by Crippen LogP contribution is 2.46. The summed E-state index contributed by atoms with van der Waals surface area (Å²) in [7, 11) is 0. The summed E-state index contributed by atoms with van der Waals surface area (Å²) in [6.07, 6.45) is 0. The van der Waals surface area contributed by atoms with Gasteiger partial charge < -0.3 is 0 Å². The van der Waals surface area contributed by atoms with Crippen LogP contribution in [0.15, 0.2) is 29.2 Å². The van der Waals surface area contributed by atoms with E-state index in [1.807, 2.05) is 0 Å². The van der Waals surface area contributed by atoms with Gasteiger partial charge in [-0.05, 0) is 24.3 Å². The molecule has 0 unspecified atom stereocenters. The van der Waals surface area contributed by atoms with Crippen LogP contribution in [0.2, 0.25) is 5.02 Å². The molecular weight excluding hydrogens is 305 g/mol. The smallest absolute Gasteiger partial charge is 0.101 e. The number of benzene rings is 1. The van der Waals surface area contributed by atoms with Crippen LogP contribution < -0.4 is 0 Å². The Bertz CT molecular complexity index is 295. The van der Waals surface area contributed by atoms with Crippen molar-refractivity contribution >= 4 is 69.8 Å². The molecule has 0 saturated heterocycles. The molecule has 0 nitrogen and oxygen atoms in total. The molecule has 0 fully saturated rings. The van der Waals surface area contributed by atoms with Gasteiger partial charge in [0.2, 0.25) is 0 Å². The Balaban J connectivity index is 2.74. The molecule has 6 heteroatoms. The van der Waals surface area contributed by atoms with Gasteiger partial charge in [0.05, 0.1) is 0 Å². The molecule has 0 N–H and O–H groups in total. The summed E-state index contributed by atoms with van der Waals surface area (Å²) in [5.74, 6) is 0. The molecule has 78 valence electrons. The normalized spacial score (nSPS) is 12.1. The van der Waals surface area contributed by atoms with E-state index >= 15 is 0 Å². The average molecular weight is 310 g/mol. The van der Waals surface area contributed by atoms with E-state index in [-0.39, 0.29) is 0 Å². The van der Waals surface area contributed by atoms with Crippen LogP contribution in [0.1, 0.15) is 0 Å². The third-order valence-corrected chi connectivity index (χ3v) is 4.85. The topological polar surface area (TPSA) is 0 Å². The molecule has 0 aliphatic rings. The van der Waals surface area contributed by atoms with Crippen molar-refractivity contribution < 1.29 is 0 Å². The fraction of sp³-hybridized carbons (Fsp3) is 0.250. The second kappa shape index (κ2) is 5.38. The SMILES string of the molecule is Clc1ccc(SC(Cl)(Cl)C(Cl)Cl)cc1. The molecule has 1 aromatic carbocycles. The number of alkyl halides is 4.